The number of aromatic hydroxyl groups is 1. The Balaban J connectivity index is 2.28. The van der Waals surface area contributed by atoms with Crippen LogP contribution in [0.3, 0.4) is 0 Å². The molecule has 1 heterocycles. The summed E-state index contributed by atoms with van der Waals surface area (Å²) in [7, 11) is 0. The molecule has 116 valence electrons. The van der Waals surface area contributed by atoms with E-state index in [4.69, 9.17) is 4.74 Å². The van der Waals surface area contributed by atoms with E-state index in [1.165, 1.54) is 11.0 Å². The van der Waals surface area contributed by atoms with Crippen molar-refractivity contribution >= 4 is 6.09 Å². The standard InChI is InChI=1S/C15H19F2NO3/c1-15(2,3)21-14(20)18-8-10(17)7-12(18)11-6-9(16)4-5-13(11)19/h4-6,10,12,19H,7-8H2,1-3H3/t10-,12+/m0/s1. The van der Waals surface area contributed by atoms with Gasteiger partial charge in [0.25, 0.3) is 0 Å². The Kier molecular flexibility index (Phi) is 4.07. The second-order valence-corrected chi connectivity index (χ2v) is 6.18. The van der Waals surface area contributed by atoms with Crippen LogP contribution in [0.25, 0.3) is 0 Å². The van der Waals surface area contributed by atoms with Crippen molar-refractivity contribution in [1.29, 1.82) is 0 Å². The van der Waals surface area contributed by atoms with Crippen LogP contribution in [-0.2, 0) is 4.74 Å². The molecule has 1 N–H and O–H groups in total. The van der Waals surface area contributed by atoms with Crippen molar-refractivity contribution in [3.8, 4) is 5.75 Å². The molecule has 0 saturated carbocycles. The molecule has 1 fully saturated rings. The van der Waals surface area contributed by atoms with Crippen LogP contribution >= 0.6 is 0 Å². The number of ether oxygens (including phenoxy) is 1. The summed E-state index contributed by atoms with van der Waals surface area (Å²) in [5.74, 6) is -0.710. The molecule has 2 rings (SSSR count). The molecule has 0 aliphatic carbocycles. The third kappa shape index (κ3) is 3.62. The summed E-state index contributed by atoms with van der Waals surface area (Å²) >= 11 is 0. The molecule has 1 amide bonds. The summed E-state index contributed by atoms with van der Waals surface area (Å²) in [6, 6.07) is 2.70. The highest BCUT2D eigenvalue weighted by atomic mass is 19.1. The maximum atomic E-state index is 13.7. The number of carbonyl (C=O) groups is 1. The maximum absolute atomic E-state index is 13.7. The molecular formula is C15H19F2NO3. The Labute approximate surface area is 122 Å². The van der Waals surface area contributed by atoms with Gasteiger partial charge in [0.15, 0.2) is 0 Å². The first-order valence-corrected chi connectivity index (χ1v) is 6.79. The molecule has 0 unspecified atom stereocenters. The molecule has 4 nitrogen and oxygen atoms in total. The van der Waals surface area contributed by atoms with Gasteiger partial charge >= 0.3 is 6.09 Å². The van der Waals surface area contributed by atoms with E-state index in [-0.39, 0.29) is 24.3 Å². The summed E-state index contributed by atoms with van der Waals surface area (Å²) in [4.78, 5) is 13.3. The zero-order valence-corrected chi connectivity index (χ0v) is 12.3. The van der Waals surface area contributed by atoms with E-state index in [0.717, 1.165) is 12.1 Å². The molecule has 0 radical (unpaired) electrons. The van der Waals surface area contributed by atoms with E-state index in [1.807, 2.05) is 0 Å². The van der Waals surface area contributed by atoms with Crippen molar-refractivity contribution in [2.45, 2.75) is 45.0 Å². The van der Waals surface area contributed by atoms with Crippen LogP contribution in [0.2, 0.25) is 0 Å². The number of alkyl halides is 1. The molecule has 0 aromatic heterocycles. The molecule has 6 heteroatoms. The van der Waals surface area contributed by atoms with Gasteiger partial charge in [0.1, 0.15) is 23.3 Å². The van der Waals surface area contributed by atoms with Crippen LogP contribution in [-0.4, -0.2) is 34.4 Å². The first kappa shape index (κ1) is 15.5. The molecule has 1 aromatic rings. The van der Waals surface area contributed by atoms with Crippen molar-refractivity contribution < 1.29 is 23.4 Å². The average molecular weight is 299 g/mol. The summed E-state index contributed by atoms with van der Waals surface area (Å²) in [5.41, 5.74) is -0.513. The molecule has 21 heavy (non-hydrogen) atoms. The highest BCUT2D eigenvalue weighted by molar-refractivity contribution is 5.69. The van der Waals surface area contributed by atoms with Gasteiger partial charge in [-0.3, -0.25) is 4.90 Å². The van der Waals surface area contributed by atoms with Gasteiger partial charge in [0, 0.05) is 12.0 Å². The van der Waals surface area contributed by atoms with E-state index in [9.17, 15) is 18.7 Å². The van der Waals surface area contributed by atoms with Gasteiger partial charge < -0.3 is 9.84 Å². The lowest BCUT2D eigenvalue weighted by Gasteiger charge is -2.28. The van der Waals surface area contributed by atoms with Crippen LogP contribution in [0, 0.1) is 5.82 Å². The smallest absolute Gasteiger partial charge is 0.410 e. The zero-order valence-electron chi connectivity index (χ0n) is 12.3. The normalized spacial score (nSPS) is 22.4. The van der Waals surface area contributed by atoms with Crippen molar-refractivity contribution in [1.82, 2.24) is 4.90 Å². The van der Waals surface area contributed by atoms with Gasteiger partial charge in [-0.2, -0.15) is 0 Å². The molecule has 1 aromatic carbocycles. The zero-order chi connectivity index (χ0) is 15.8. The molecule has 1 saturated heterocycles. The number of carbonyl (C=O) groups excluding carboxylic acids is 1. The topological polar surface area (TPSA) is 49.8 Å². The van der Waals surface area contributed by atoms with Crippen LogP contribution < -0.4 is 0 Å². The molecule has 0 spiro atoms. The number of amides is 1. The summed E-state index contributed by atoms with van der Waals surface area (Å²) in [6.07, 6.45) is -1.89. The molecule has 1 aliphatic rings. The van der Waals surface area contributed by atoms with E-state index in [2.05, 4.69) is 0 Å². The third-order valence-corrected chi connectivity index (χ3v) is 3.23. The number of likely N-dealkylation sites (tertiary alicyclic amines) is 1. The Hall–Kier alpha value is -1.85. The number of hydrogen-bond acceptors (Lipinski definition) is 3. The molecule has 2 atom stereocenters. The first-order chi connectivity index (χ1) is 9.67. The van der Waals surface area contributed by atoms with E-state index in [0.29, 0.717) is 0 Å². The van der Waals surface area contributed by atoms with Gasteiger partial charge in [-0.15, -0.1) is 0 Å². The van der Waals surface area contributed by atoms with Crippen LogP contribution in [0.1, 0.15) is 38.8 Å². The second kappa shape index (κ2) is 5.50. The molecule has 1 aliphatic heterocycles. The average Bonchev–Trinajstić information content (AvgIpc) is 2.72. The van der Waals surface area contributed by atoms with E-state index >= 15 is 0 Å². The van der Waals surface area contributed by atoms with Crippen LogP contribution in [0.15, 0.2) is 18.2 Å². The van der Waals surface area contributed by atoms with Crippen molar-refractivity contribution in [3.63, 3.8) is 0 Å². The third-order valence-electron chi connectivity index (χ3n) is 3.23. The fourth-order valence-electron chi connectivity index (χ4n) is 2.39. The van der Waals surface area contributed by atoms with Gasteiger partial charge in [0.05, 0.1) is 12.6 Å². The SMILES string of the molecule is CC(C)(C)OC(=O)N1C[C@@H](F)C[C@@H]1c1cc(F)ccc1O. The minimum absolute atomic E-state index is 0.0102. The largest absolute Gasteiger partial charge is 0.508 e. The lowest BCUT2D eigenvalue weighted by molar-refractivity contribution is 0.0215. The monoisotopic (exact) mass is 299 g/mol. The fourth-order valence-corrected chi connectivity index (χ4v) is 2.39. The molecular weight excluding hydrogens is 280 g/mol. The first-order valence-electron chi connectivity index (χ1n) is 6.79. The number of benzene rings is 1. The summed E-state index contributed by atoms with van der Waals surface area (Å²) in [6.45, 7) is 5.00. The van der Waals surface area contributed by atoms with Crippen molar-refractivity contribution in [2.75, 3.05) is 6.54 Å². The lowest BCUT2D eigenvalue weighted by atomic mass is 10.0. The Bertz CT molecular complexity index is 542. The maximum Gasteiger partial charge on any atom is 0.410 e. The van der Waals surface area contributed by atoms with Crippen LogP contribution in [0.4, 0.5) is 13.6 Å². The minimum atomic E-state index is -1.23. The molecule has 0 bridgehead atoms. The van der Waals surface area contributed by atoms with Gasteiger partial charge in [-0.05, 0) is 39.0 Å². The quantitative estimate of drug-likeness (QED) is 0.862. The fraction of sp³-hybridized carbons (Fsp3) is 0.533. The van der Waals surface area contributed by atoms with Crippen LogP contribution in [0.5, 0.6) is 5.75 Å². The number of phenolic OH excluding ortho intramolecular Hbond substituents is 1. The Morgan fingerprint density at radius 3 is 2.71 bits per heavy atom. The number of rotatable bonds is 1. The van der Waals surface area contributed by atoms with E-state index < -0.39 is 29.7 Å². The number of phenols is 1. The summed E-state index contributed by atoms with van der Waals surface area (Å²) in [5, 5.41) is 9.85. The second-order valence-electron chi connectivity index (χ2n) is 6.18. The predicted molar refractivity (Wildman–Crippen MR) is 73.3 cm³/mol. The predicted octanol–water partition coefficient (Wildman–Crippen LogP) is 3.55. The van der Waals surface area contributed by atoms with Gasteiger partial charge in [-0.25, -0.2) is 13.6 Å². The Morgan fingerprint density at radius 1 is 1.43 bits per heavy atom. The Morgan fingerprint density at radius 2 is 2.10 bits per heavy atom. The van der Waals surface area contributed by atoms with E-state index in [1.54, 1.807) is 20.8 Å². The highest BCUT2D eigenvalue weighted by Gasteiger charge is 2.39. The minimum Gasteiger partial charge on any atom is -0.508 e. The lowest BCUT2D eigenvalue weighted by Crippen LogP contribution is -2.37. The number of hydrogen-bond donors (Lipinski definition) is 1. The number of nitrogens with zero attached hydrogens (tertiary/aromatic N) is 1. The van der Waals surface area contributed by atoms with Gasteiger partial charge in [-0.1, -0.05) is 0 Å². The highest BCUT2D eigenvalue weighted by Crippen LogP contribution is 2.38. The van der Waals surface area contributed by atoms with Crippen molar-refractivity contribution in [3.05, 3.63) is 29.6 Å². The van der Waals surface area contributed by atoms with Gasteiger partial charge in [0.2, 0.25) is 0 Å². The number of halogens is 2. The summed E-state index contributed by atoms with van der Waals surface area (Å²) < 4.78 is 32.3. The van der Waals surface area contributed by atoms with Crippen molar-refractivity contribution in [2.24, 2.45) is 0 Å².